The van der Waals surface area contributed by atoms with E-state index in [4.69, 9.17) is 16.5 Å². The third-order valence-electron chi connectivity index (χ3n) is 10.2. The van der Waals surface area contributed by atoms with E-state index in [2.05, 4.69) is 108 Å². The maximum Gasteiger partial charge on any atom is 0.187 e. The molecular formula is C50H33N5. The van der Waals surface area contributed by atoms with Crippen LogP contribution in [0, 0.1) is 31.8 Å². The van der Waals surface area contributed by atoms with Crippen molar-refractivity contribution < 1.29 is 0 Å². The molecule has 0 atom stereocenters. The number of nitriles is 1. The molecule has 0 N–H and O–H groups in total. The molecule has 0 radical (unpaired) electrons. The molecule has 5 heteroatoms. The average Bonchev–Trinajstić information content (AvgIpc) is 3.55. The van der Waals surface area contributed by atoms with Crippen molar-refractivity contribution >= 4 is 27.5 Å². The molecule has 9 aromatic rings. The van der Waals surface area contributed by atoms with Crippen molar-refractivity contribution in [1.82, 2.24) is 14.5 Å². The van der Waals surface area contributed by atoms with E-state index in [1.807, 2.05) is 84.9 Å². The van der Waals surface area contributed by atoms with Crippen molar-refractivity contribution in [2.24, 2.45) is 0 Å². The first-order valence-corrected chi connectivity index (χ1v) is 18.2. The molecule has 5 nitrogen and oxygen atoms in total. The van der Waals surface area contributed by atoms with E-state index in [9.17, 15) is 5.26 Å². The fourth-order valence-electron chi connectivity index (χ4n) is 7.47. The summed E-state index contributed by atoms with van der Waals surface area (Å²) in [7, 11) is 0. The third kappa shape index (κ3) is 6.11. The van der Waals surface area contributed by atoms with E-state index in [1.54, 1.807) is 0 Å². The number of hydrogen-bond donors (Lipinski definition) is 0. The summed E-state index contributed by atoms with van der Waals surface area (Å²) in [5.74, 6) is 0.592. The zero-order valence-electron chi connectivity index (χ0n) is 30.3. The highest BCUT2D eigenvalue weighted by Gasteiger charge is 2.23. The molecule has 0 amide bonds. The van der Waals surface area contributed by atoms with Gasteiger partial charge in [-0.3, -0.25) is 0 Å². The maximum absolute atomic E-state index is 9.76. The average molecular weight is 704 g/mol. The van der Waals surface area contributed by atoms with Gasteiger partial charge in [0.2, 0.25) is 0 Å². The third-order valence-corrected chi connectivity index (χ3v) is 10.2. The molecule has 9 rings (SSSR count). The van der Waals surface area contributed by atoms with Crippen LogP contribution in [0.5, 0.6) is 0 Å². The van der Waals surface area contributed by atoms with Gasteiger partial charge in [-0.05, 0) is 79.6 Å². The van der Waals surface area contributed by atoms with Crippen LogP contribution in [0.15, 0.2) is 164 Å². The lowest BCUT2D eigenvalue weighted by Crippen LogP contribution is -2.03. The van der Waals surface area contributed by atoms with Crippen molar-refractivity contribution in [2.45, 2.75) is 13.8 Å². The molecule has 0 bridgehead atoms. The molecule has 0 spiro atoms. The Labute approximate surface area is 319 Å². The van der Waals surface area contributed by atoms with Crippen LogP contribution in [0.2, 0.25) is 0 Å². The number of aromatic nitrogens is 3. The van der Waals surface area contributed by atoms with Crippen molar-refractivity contribution in [2.75, 3.05) is 0 Å². The summed E-state index contributed by atoms with van der Waals surface area (Å²) in [5.41, 5.74) is 15.0. The van der Waals surface area contributed by atoms with Gasteiger partial charge in [-0.15, -0.1) is 0 Å². The Hall–Kier alpha value is -7.60. The van der Waals surface area contributed by atoms with E-state index in [0.29, 0.717) is 17.1 Å². The summed E-state index contributed by atoms with van der Waals surface area (Å²) in [6, 6.07) is 58.0. The van der Waals surface area contributed by atoms with Crippen LogP contribution in [0.25, 0.3) is 88.5 Å². The standard InChI is InChI=1S/C50H33N5/c1-32-14-24-47-43(26-32)44-27-33(2)15-25-48(44)55(47)49-41(35-18-16-34(31-51)17-19-35)28-39(29-42(49)36-20-22-40(52-3)23-21-36)50-53-45(37-10-6-4-7-11-37)30-46(54-50)38-12-8-5-9-13-38/h4-30H,1-2H3. The molecule has 0 aliphatic rings. The first-order chi connectivity index (χ1) is 27.0. The number of nitrogens with zero attached hydrogens (tertiary/aromatic N) is 5. The molecule has 258 valence electrons. The molecular weight excluding hydrogens is 671 g/mol. The van der Waals surface area contributed by atoms with E-state index in [-0.39, 0.29) is 0 Å². The van der Waals surface area contributed by atoms with Crippen LogP contribution in [0.4, 0.5) is 5.69 Å². The fourth-order valence-corrected chi connectivity index (χ4v) is 7.47. The lowest BCUT2D eigenvalue weighted by molar-refractivity contribution is 1.16. The van der Waals surface area contributed by atoms with Crippen LogP contribution < -0.4 is 0 Å². The lowest BCUT2D eigenvalue weighted by atomic mass is 9.92. The minimum Gasteiger partial charge on any atom is -0.308 e. The van der Waals surface area contributed by atoms with E-state index in [0.717, 1.165) is 67.1 Å². The molecule has 7 aromatic carbocycles. The summed E-state index contributed by atoms with van der Waals surface area (Å²) < 4.78 is 2.37. The van der Waals surface area contributed by atoms with E-state index < -0.39 is 0 Å². The highest BCUT2D eigenvalue weighted by atomic mass is 15.0. The Morgan fingerprint density at radius 1 is 0.527 bits per heavy atom. The molecule has 2 aromatic heterocycles. The van der Waals surface area contributed by atoms with Gasteiger partial charge >= 0.3 is 0 Å². The van der Waals surface area contributed by atoms with Gasteiger partial charge in [-0.2, -0.15) is 5.26 Å². The van der Waals surface area contributed by atoms with Gasteiger partial charge in [-0.1, -0.05) is 120 Å². The largest absolute Gasteiger partial charge is 0.308 e. The minimum atomic E-state index is 0.572. The Morgan fingerprint density at radius 2 is 1.02 bits per heavy atom. The van der Waals surface area contributed by atoms with Gasteiger partial charge in [-0.25, -0.2) is 14.8 Å². The molecule has 0 saturated heterocycles. The number of hydrogen-bond acceptors (Lipinski definition) is 3. The molecule has 0 aliphatic heterocycles. The summed E-state index contributed by atoms with van der Waals surface area (Å²) in [4.78, 5) is 14.2. The highest BCUT2D eigenvalue weighted by molar-refractivity contribution is 6.11. The Balaban J connectivity index is 1.42. The smallest absolute Gasteiger partial charge is 0.187 e. The number of fused-ring (bicyclic) bond motifs is 3. The number of benzene rings is 7. The van der Waals surface area contributed by atoms with Crippen molar-refractivity contribution in [1.29, 1.82) is 5.26 Å². The van der Waals surface area contributed by atoms with Gasteiger partial charge in [0.1, 0.15) is 0 Å². The number of aryl methyl sites for hydroxylation is 2. The predicted octanol–water partition coefficient (Wildman–Crippen LogP) is 12.9. The normalized spacial score (nSPS) is 11.1. The molecule has 0 unspecified atom stereocenters. The second kappa shape index (κ2) is 13.7. The van der Waals surface area contributed by atoms with Crippen molar-refractivity contribution in [3.63, 3.8) is 0 Å². The zero-order valence-corrected chi connectivity index (χ0v) is 30.3. The van der Waals surface area contributed by atoms with Gasteiger partial charge in [0.15, 0.2) is 11.5 Å². The molecule has 2 heterocycles. The van der Waals surface area contributed by atoms with E-state index >= 15 is 0 Å². The topological polar surface area (TPSA) is 58.9 Å². The number of rotatable bonds is 6. The van der Waals surface area contributed by atoms with E-state index in [1.165, 1.54) is 21.9 Å². The highest BCUT2D eigenvalue weighted by Crippen LogP contribution is 2.44. The van der Waals surface area contributed by atoms with Crippen LogP contribution in [-0.2, 0) is 0 Å². The predicted molar refractivity (Wildman–Crippen MR) is 224 cm³/mol. The lowest BCUT2D eigenvalue weighted by Gasteiger charge is -2.21. The Morgan fingerprint density at radius 3 is 1.49 bits per heavy atom. The fraction of sp³-hybridized carbons (Fsp3) is 0.0400. The van der Waals surface area contributed by atoms with Gasteiger partial charge in [0, 0.05) is 38.6 Å². The first kappa shape index (κ1) is 33.3. The second-order valence-corrected chi connectivity index (χ2v) is 13.8. The maximum atomic E-state index is 9.76. The Bertz CT molecular complexity index is 2790. The minimum absolute atomic E-state index is 0.572. The molecule has 0 saturated carbocycles. The summed E-state index contributed by atoms with van der Waals surface area (Å²) in [6.07, 6.45) is 0. The van der Waals surface area contributed by atoms with Crippen LogP contribution >= 0.6 is 0 Å². The van der Waals surface area contributed by atoms with Gasteiger partial charge < -0.3 is 4.57 Å². The van der Waals surface area contributed by atoms with Crippen LogP contribution in [0.1, 0.15) is 16.7 Å². The Kier molecular flexibility index (Phi) is 8.31. The second-order valence-electron chi connectivity index (χ2n) is 13.8. The molecule has 0 fully saturated rings. The quantitative estimate of drug-likeness (QED) is 0.162. The van der Waals surface area contributed by atoms with Gasteiger partial charge in [0.25, 0.3) is 0 Å². The zero-order chi connectivity index (χ0) is 37.5. The van der Waals surface area contributed by atoms with Gasteiger partial charge in [0.05, 0.1) is 46.3 Å². The first-order valence-electron chi connectivity index (χ1n) is 18.2. The van der Waals surface area contributed by atoms with Crippen LogP contribution in [-0.4, -0.2) is 14.5 Å². The van der Waals surface area contributed by atoms with Crippen molar-refractivity contribution in [3.8, 4) is 67.9 Å². The summed E-state index contributed by atoms with van der Waals surface area (Å²) >= 11 is 0. The summed E-state index contributed by atoms with van der Waals surface area (Å²) in [5, 5.41) is 12.1. The summed E-state index contributed by atoms with van der Waals surface area (Å²) in [6.45, 7) is 11.9. The van der Waals surface area contributed by atoms with Crippen molar-refractivity contribution in [3.05, 3.63) is 192 Å². The molecule has 55 heavy (non-hydrogen) atoms. The molecule has 0 aliphatic carbocycles. The monoisotopic (exact) mass is 703 g/mol. The SMILES string of the molecule is [C-]#[N+]c1ccc(-c2cc(-c3nc(-c4ccccc4)cc(-c4ccccc4)n3)cc(-c3ccc(C#N)cc3)c2-n2c3ccc(C)cc3c3cc(C)ccc32)cc1. The van der Waals surface area contributed by atoms with Crippen LogP contribution in [0.3, 0.4) is 0 Å².